The summed E-state index contributed by atoms with van der Waals surface area (Å²) in [5, 5.41) is 0. The first kappa shape index (κ1) is 16.4. The lowest BCUT2D eigenvalue weighted by molar-refractivity contribution is -0.133. The molecule has 0 saturated heterocycles. The predicted molar refractivity (Wildman–Crippen MR) is 90.9 cm³/mol. The molecule has 1 aromatic heterocycles. The van der Waals surface area contributed by atoms with Crippen molar-refractivity contribution < 1.29 is 4.79 Å². The molecule has 1 atom stereocenters. The van der Waals surface area contributed by atoms with E-state index in [-0.39, 0.29) is 11.9 Å². The van der Waals surface area contributed by atoms with Crippen LogP contribution in [0.4, 0.5) is 0 Å². The first-order chi connectivity index (χ1) is 10.7. The summed E-state index contributed by atoms with van der Waals surface area (Å²) in [5.41, 5.74) is 0. The van der Waals surface area contributed by atoms with E-state index in [9.17, 15) is 4.79 Å². The van der Waals surface area contributed by atoms with Crippen molar-refractivity contribution in [1.82, 2.24) is 14.5 Å². The number of benzene rings is 1. The van der Waals surface area contributed by atoms with E-state index >= 15 is 0 Å². The lowest BCUT2D eigenvalue weighted by Crippen LogP contribution is -2.37. The van der Waals surface area contributed by atoms with Crippen molar-refractivity contribution in [2.75, 3.05) is 18.8 Å². The molecule has 0 aliphatic rings. The van der Waals surface area contributed by atoms with Gasteiger partial charge in [-0.15, -0.1) is 18.3 Å². The summed E-state index contributed by atoms with van der Waals surface area (Å²) in [5.74, 6) is 0.951. The topological polar surface area (TPSA) is 38.1 Å². The summed E-state index contributed by atoms with van der Waals surface area (Å²) < 4.78 is 1.82. The highest BCUT2D eigenvalue weighted by Gasteiger charge is 2.20. The van der Waals surface area contributed by atoms with Gasteiger partial charge in [-0.25, -0.2) is 4.98 Å². The van der Waals surface area contributed by atoms with Crippen LogP contribution in [0.15, 0.2) is 66.6 Å². The molecule has 0 aliphatic carbocycles. The van der Waals surface area contributed by atoms with Crippen LogP contribution in [0, 0.1) is 0 Å². The summed E-state index contributed by atoms with van der Waals surface area (Å²) in [4.78, 5) is 19.7. The Labute approximate surface area is 135 Å². The fourth-order valence-corrected chi connectivity index (χ4v) is 3.02. The van der Waals surface area contributed by atoms with Gasteiger partial charge in [-0.1, -0.05) is 24.3 Å². The molecule has 0 aliphatic heterocycles. The number of thioether (sulfide) groups is 1. The first-order valence-corrected chi connectivity index (χ1v) is 8.26. The Bertz CT molecular complexity index is 583. The Morgan fingerprint density at radius 3 is 2.86 bits per heavy atom. The van der Waals surface area contributed by atoms with E-state index in [1.165, 1.54) is 4.90 Å². The van der Waals surface area contributed by atoms with Gasteiger partial charge in [0.05, 0.1) is 6.33 Å². The number of hydrogen-bond donors (Lipinski definition) is 0. The molecule has 2 aromatic rings. The summed E-state index contributed by atoms with van der Waals surface area (Å²) >= 11 is 1.75. The van der Waals surface area contributed by atoms with E-state index in [0.717, 1.165) is 5.75 Å². The van der Waals surface area contributed by atoms with Crippen LogP contribution >= 0.6 is 11.8 Å². The Hall–Kier alpha value is -2.01. The third-order valence-electron chi connectivity index (χ3n) is 3.36. The molecule has 5 heteroatoms. The van der Waals surface area contributed by atoms with E-state index in [2.05, 4.69) is 23.7 Å². The van der Waals surface area contributed by atoms with E-state index in [0.29, 0.717) is 13.1 Å². The van der Waals surface area contributed by atoms with Gasteiger partial charge in [-0.2, -0.15) is 0 Å². The van der Waals surface area contributed by atoms with Crippen LogP contribution in [-0.4, -0.2) is 39.2 Å². The van der Waals surface area contributed by atoms with Crippen LogP contribution in [0.1, 0.15) is 13.0 Å². The fourth-order valence-electron chi connectivity index (χ4n) is 2.13. The van der Waals surface area contributed by atoms with Crippen molar-refractivity contribution in [1.29, 1.82) is 0 Å². The molecule has 1 amide bonds. The molecule has 0 spiro atoms. The molecule has 0 saturated carbocycles. The number of hydrogen-bond acceptors (Lipinski definition) is 3. The summed E-state index contributed by atoms with van der Waals surface area (Å²) in [6.45, 7) is 6.91. The van der Waals surface area contributed by atoms with Gasteiger partial charge in [0.15, 0.2) is 0 Å². The second kappa shape index (κ2) is 8.44. The Morgan fingerprint density at radius 2 is 2.23 bits per heavy atom. The van der Waals surface area contributed by atoms with E-state index in [1.54, 1.807) is 30.4 Å². The standard InChI is InChI=1S/C17H21N3OS/c1-3-10-19(12-13-22-16-7-5-4-6-8-16)17(21)15(2)20-11-9-18-14-20/h3-9,11,14-15H,1,10,12-13H2,2H3/t15-/m0/s1. The van der Waals surface area contributed by atoms with Crippen molar-refractivity contribution in [2.24, 2.45) is 0 Å². The van der Waals surface area contributed by atoms with Crippen LogP contribution in [0.25, 0.3) is 0 Å². The number of carbonyl (C=O) groups is 1. The van der Waals surface area contributed by atoms with Gasteiger partial charge in [0.1, 0.15) is 6.04 Å². The summed E-state index contributed by atoms with van der Waals surface area (Å²) in [6.07, 6.45) is 6.94. The minimum absolute atomic E-state index is 0.0894. The van der Waals surface area contributed by atoms with Gasteiger partial charge in [-0.3, -0.25) is 4.79 Å². The molecule has 0 unspecified atom stereocenters. The lowest BCUT2D eigenvalue weighted by atomic mass is 10.2. The SMILES string of the molecule is C=CCN(CCSc1ccccc1)C(=O)[C@H](C)n1ccnc1. The highest BCUT2D eigenvalue weighted by Crippen LogP contribution is 2.18. The van der Waals surface area contributed by atoms with Gasteiger partial charge >= 0.3 is 0 Å². The Morgan fingerprint density at radius 1 is 1.45 bits per heavy atom. The minimum Gasteiger partial charge on any atom is -0.336 e. The molecule has 0 N–H and O–H groups in total. The number of amides is 1. The number of nitrogens with zero attached hydrogens (tertiary/aromatic N) is 3. The highest BCUT2D eigenvalue weighted by molar-refractivity contribution is 7.99. The van der Waals surface area contributed by atoms with Gasteiger partial charge < -0.3 is 9.47 Å². The Kier molecular flexibility index (Phi) is 6.27. The maximum Gasteiger partial charge on any atom is 0.245 e. The number of carbonyl (C=O) groups excluding carboxylic acids is 1. The van der Waals surface area contributed by atoms with Crippen molar-refractivity contribution in [3.8, 4) is 0 Å². The van der Waals surface area contributed by atoms with Crippen LogP contribution in [0.2, 0.25) is 0 Å². The van der Waals surface area contributed by atoms with Crippen molar-refractivity contribution in [2.45, 2.75) is 17.9 Å². The van der Waals surface area contributed by atoms with Crippen LogP contribution < -0.4 is 0 Å². The quantitative estimate of drug-likeness (QED) is 0.554. The maximum absolute atomic E-state index is 12.6. The maximum atomic E-state index is 12.6. The number of aromatic nitrogens is 2. The molecule has 4 nitrogen and oxygen atoms in total. The lowest BCUT2D eigenvalue weighted by Gasteiger charge is -2.25. The zero-order chi connectivity index (χ0) is 15.8. The second-order valence-electron chi connectivity index (χ2n) is 4.92. The fraction of sp³-hybridized carbons (Fsp3) is 0.294. The molecule has 22 heavy (non-hydrogen) atoms. The van der Waals surface area contributed by atoms with Crippen LogP contribution in [0.3, 0.4) is 0 Å². The Balaban J connectivity index is 1.91. The van der Waals surface area contributed by atoms with Crippen molar-refractivity contribution in [3.05, 3.63) is 61.7 Å². The molecule has 116 valence electrons. The molecule has 2 rings (SSSR count). The second-order valence-corrected chi connectivity index (χ2v) is 6.09. The van der Waals surface area contributed by atoms with Gasteiger partial charge in [0.2, 0.25) is 5.91 Å². The summed E-state index contributed by atoms with van der Waals surface area (Å²) in [7, 11) is 0. The van der Waals surface area contributed by atoms with E-state index < -0.39 is 0 Å². The zero-order valence-electron chi connectivity index (χ0n) is 12.8. The van der Waals surface area contributed by atoms with E-state index in [4.69, 9.17) is 0 Å². The monoisotopic (exact) mass is 315 g/mol. The molecule has 1 heterocycles. The van der Waals surface area contributed by atoms with Crippen LogP contribution in [-0.2, 0) is 4.79 Å². The molecule has 0 radical (unpaired) electrons. The van der Waals surface area contributed by atoms with Crippen molar-refractivity contribution >= 4 is 17.7 Å². The molecular formula is C17H21N3OS. The molecule has 1 aromatic carbocycles. The normalized spacial score (nSPS) is 11.9. The average molecular weight is 315 g/mol. The van der Waals surface area contributed by atoms with Gasteiger partial charge in [0.25, 0.3) is 0 Å². The number of imidazole rings is 1. The average Bonchev–Trinajstić information content (AvgIpc) is 3.08. The number of rotatable bonds is 8. The minimum atomic E-state index is -0.246. The van der Waals surface area contributed by atoms with Gasteiger partial charge in [0, 0.05) is 36.1 Å². The zero-order valence-corrected chi connectivity index (χ0v) is 13.6. The third-order valence-corrected chi connectivity index (χ3v) is 4.36. The van der Waals surface area contributed by atoms with E-state index in [1.807, 2.05) is 40.8 Å². The smallest absolute Gasteiger partial charge is 0.245 e. The largest absolute Gasteiger partial charge is 0.336 e. The molecule has 0 fully saturated rings. The first-order valence-electron chi connectivity index (χ1n) is 7.27. The van der Waals surface area contributed by atoms with Crippen molar-refractivity contribution in [3.63, 3.8) is 0 Å². The summed E-state index contributed by atoms with van der Waals surface area (Å²) in [6, 6.07) is 9.97. The third kappa shape index (κ3) is 4.49. The highest BCUT2D eigenvalue weighted by atomic mass is 32.2. The van der Waals surface area contributed by atoms with Crippen LogP contribution in [0.5, 0.6) is 0 Å². The predicted octanol–water partition coefficient (Wildman–Crippen LogP) is 3.25. The molecule has 0 bridgehead atoms. The van der Waals surface area contributed by atoms with Gasteiger partial charge in [-0.05, 0) is 19.1 Å². The molecular weight excluding hydrogens is 294 g/mol.